The maximum absolute atomic E-state index is 12.0. The summed E-state index contributed by atoms with van der Waals surface area (Å²) in [6.45, 7) is 1.53. The molecule has 0 radical (unpaired) electrons. The van der Waals surface area contributed by atoms with Gasteiger partial charge in [0, 0.05) is 23.2 Å². The van der Waals surface area contributed by atoms with Crippen molar-refractivity contribution in [2.45, 2.75) is 13.3 Å². The van der Waals surface area contributed by atoms with E-state index in [0.29, 0.717) is 28.4 Å². The van der Waals surface area contributed by atoms with Crippen LogP contribution in [0.2, 0.25) is 0 Å². The smallest absolute Gasteiger partial charge is 0.329 e. The van der Waals surface area contributed by atoms with E-state index in [9.17, 15) is 14.4 Å². The maximum atomic E-state index is 12.0. The number of methoxy groups -OCH3 is 1. The lowest BCUT2D eigenvalue weighted by Crippen LogP contribution is -2.33. The number of nitriles is 1. The Morgan fingerprint density at radius 2 is 1.72 bits per heavy atom. The summed E-state index contributed by atoms with van der Waals surface area (Å²) >= 11 is 0. The highest BCUT2D eigenvalue weighted by Gasteiger charge is 2.14. The standard InChI is InChI=1S/C20H19N5O4/c1-13(9-18(26)22-15-6-3-5-14(10-15)12-21)24-25-20(28)19(27)23-16-7-4-8-17(11-16)29-2/h3-8,10-11H,9H2,1-2H3,(H,22,26)(H,23,27)(H,25,28)/b24-13-. The van der Waals surface area contributed by atoms with E-state index in [1.165, 1.54) is 20.1 Å². The van der Waals surface area contributed by atoms with Crippen molar-refractivity contribution in [2.24, 2.45) is 5.10 Å². The fraction of sp³-hybridized carbons (Fsp3) is 0.150. The summed E-state index contributed by atoms with van der Waals surface area (Å²) in [5, 5.41) is 17.7. The van der Waals surface area contributed by atoms with Gasteiger partial charge in [0.15, 0.2) is 0 Å². The molecule has 0 fully saturated rings. The molecule has 0 unspecified atom stereocenters. The number of hydrogen-bond acceptors (Lipinski definition) is 6. The molecule has 2 aromatic carbocycles. The van der Waals surface area contributed by atoms with Gasteiger partial charge in [0.1, 0.15) is 5.75 Å². The van der Waals surface area contributed by atoms with Gasteiger partial charge in [-0.2, -0.15) is 10.4 Å². The van der Waals surface area contributed by atoms with E-state index < -0.39 is 11.8 Å². The number of carbonyl (C=O) groups is 3. The van der Waals surface area contributed by atoms with Gasteiger partial charge in [0.2, 0.25) is 5.91 Å². The number of nitrogens with zero attached hydrogens (tertiary/aromatic N) is 2. The zero-order valence-corrected chi connectivity index (χ0v) is 15.9. The summed E-state index contributed by atoms with van der Waals surface area (Å²) in [7, 11) is 1.49. The average molecular weight is 393 g/mol. The van der Waals surface area contributed by atoms with Crippen molar-refractivity contribution in [3.05, 3.63) is 54.1 Å². The molecule has 29 heavy (non-hydrogen) atoms. The molecule has 0 aliphatic carbocycles. The Bertz CT molecular complexity index is 994. The quantitative estimate of drug-likeness (QED) is 0.392. The molecule has 3 N–H and O–H groups in total. The number of rotatable bonds is 6. The molecule has 3 amide bonds. The Labute approximate surface area is 167 Å². The van der Waals surface area contributed by atoms with Gasteiger partial charge in [-0.3, -0.25) is 14.4 Å². The number of benzene rings is 2. The molecule has 0 aromatic heterocycles. The molecule has 0 saturated heterocycles. The van der Waals surface area contributed by atoms with Gasteiger partial charge in [0.25, 0.3) is 0 Å². The van der Waals surface area contributed by atoms with Crippen LogP contribution in [0, 0.1) is 11.3 Å². The molecule has 148 valence electrons. The van der Waals surface area contributed by atoms with Crippen molar-refractivity contribution in [3.8, 4) is 11.8 Å². The second-order valence-corrected chi connectivity index (χ2v) is 5.89. The zero-order valence-electron chi connectivity index (χ0n) is 15.9. The number of amides is 3. The normalized spacial score (nSPS) is 10.4. The molecule has 0 atom stereocenters. The SMILES string of the molecule is COc1cccc(NC(=O)C(=O)N/N=C(/C)CC(=O)Nc2cccc(C#N)c2)c1. The Morgan fingerprint density at radius 3 is 2.41 bits per heavy atom. The largest absolute Gasteiger partial charge is 0.497 e. The lowest BCUT2D eigenvalue weighted by molar-refractivity contribution is -0.136. The third kappa shape index (κ3) is 6.80. The van der Waals surface area contributed by atoms with Crippen molar-refractivity contribution in [1.29, 1.82) is 5.26 Å². The first-order chi connectivity index (χ1) is 13.9. The second kappa shape index (κ2) is 10.2. The molecular weight excluding hydrogens is 374 g/mol. The lowest BCUT2D eigenvalue weighted by Gasteiger charge is -2.07. The van der Waals surface area contributed by atoms with Crippen LogP contribution in [0.25, 0.3) is 0 Å². The average Bonchev–Trinajstić information content (AvgIpc) is 2.72. The van der Waals surface area contributed by atoms with Crippen molar-refractivity contribution < 1.29 is 19.1 Å². The minimum atomic E-state index is -0.978. The van der Waals surface area contributed by atoms with Gasteiger partial charge in [-0.15, -0.1) is 0 Å². The first-order valence-electron chi connectivity index (χ1n) is 8.50. The highest BCUT2D eigenvalue weighted by molar-refractivity contribution is 6.39. The molecule has 0 aliphatic heterocycles. The first kappa shape index (κ1) is 21.1. The highest BCUT2D eigenvalue weighted by Crippen LogP contribution is 2.16. The summed E-state index contributed by atoms with van der Waals surface area (Å²) in [5.41, 5.74) is 3.68. The third-order valence-electron chi connectivity index (χ3n) is 3.57. The Hall–Kier alpha value is -4.19. The van der Waals surface area contributed by atoms with Gasteiger partial charge < -0.3 is 15.4 Å². The maximum Gasteiger partial charge on any atom is 0.329 e. The van der Waals surface area contributed by atoms with E-state index in [1.807, 2.05) is 6.07 Å². The minimum Gasteiger partial charge on any atom is -0.497 e. The molecule has 0 aliphatic rings. The van der Waals surface area contributed by atoms with Crippen LogP contribution in [0.3, 0.4) is 0 Å². The van der Waals surface area contributed by atoms with Crippen LogP contribution < -0.4 is 20.8 Å². The number of ether oxygens (including phenoxy) is 1. The lowest BCUT2D eigenvalue weighted by atomic mass is 10.2. The van der Waals surface area contributed by atoms with Crippen LogP contribution >= 0.6 is 0 Å². The van der Waals surface area contributed by atoms with Gasteiger partial charge in [-0.05, 0) is 37.3 Å². The Balaban J connectivity index is 1.85. The molecule has 9 heteroatoms. The van der Waals surface area contributed by atoms with Crippen molar-refractivity contribution in [2.75, 3.05) is 17.7 Å². The number of hydrazone groups is 1. The first-order valence-corrected chi connectivity index (χ1v) is 8.50. The van der Waals surface area contributed by atoms with E-state index in [-0.39, 0.29) is 12.3 Å². The molecule has 0 saturated carbocycles. The highest BCUT2D eigenvalue weighted by atomic mass is 16.5. The van der Waals surface area contributed by atoms with Crippen LogP contribution in [0.1, 0.15) is 18.9 Å². The topological polar surface area (TPSA) is 133 Å². The van der Waals surface area contributed by atoms with E-state index >= 15 is 0 Å². The summed E-state index contributed by atoms with van der Waals surface area (Å²) in [5.74, 6) is -1.73. The van der Waals surface area contributed by atoms with Crippen LogP contribution in [0.4, 0.5) is 11.4 Å². The van der Waals surface area contributed by atoms with Crippen molar-refractivity contribution in [1.82, 2.24) is 5.43 Å². The predicted molar refractivity (Wildman–Crippen MR) is 107 cm³/mol. The van der Waals surface area contributed by atoms with Crippen LogP contribution in [-0.2, 0) is 14.4 Å². The van der Waals surface area contributed by atoms with E-state index in [0.717, 1.165) is 0 Å². The fourth-order valence-electron chi connectivity index (χ4n) is 2.23. The van der Waals surface area contributed by atoms with Crippen LogP contribution in [0.5, 0.6) is 5.75 Å². The number of hydrogen-bond donors (Lipinski definition) is 3. The summed E-state index contributed by atoms with van der Waals surface area (Å²) < 4.78 is 5.04. The Morgan fingerprint density at radius 1 is 1.03 bits per heavy atom. The molecule has 0 spiro atoms. The number of anilines is 2. The molecule has 0 bridgehead atoms. The predicted octanol–water partition coefficient (Wildman–Crippen LogP) is 2.03. The molecule has 0 heterocycles. The van der Waals surface area contributed by atoms with Crippen LogP contribution in [-0.4, -0.2) is 30.5 Å². The van der Waals surface area contributed by atoms with Gasteiger partial charge in [-0.1, -0.05) is 12.1 Å². The zero-order chi connectivity index (χ0) is 21.2. The van der Waals surface area contributed by atoms with Crippen molar-refractivity contribution in [3.63, 3.8) is 0 Å². The second-order valence-electron chi connectivity index (χ2n) is 5.89. The van der Waals surface area contributed by atoms with E-state index in [4.69, 9.17) is 10.00 Å². The third-order valence-corrected chi connectivity index (χ3v) is 3.57. The van der Waals surface area contributed by atoms with Gasteiger partial charge in [-0.25, -0.2) is 5.43 Å². The Kier molecular flexibility index (Phi) is 7.44. The van der Waals surface area contributed by atoms with Crippen molar-refractivity contribution >= 4 is 34.8 Å². The van der Waals surface area contributed by atoms with E-state index in [1.54, 1.807) is 42.5 Å². The van der Waals surface area contributed by atoms with Gasteiger partial charge >= 0.3 is 11.8 Å². The monoisotopic (exact) mass is 393 g/mol. The molecular formula is C20H19N5O4. The molecule has 2 aromatic rings. The fourth-order valence-corrected chi connectivity index (χ4v) is 2.23. The van der Waals surface area contributed by atoms with Gasteiger partial charge in [0.05, 0.1) is 25.2 Å². The molecule has 2 rings (SSSR count). The summed E-state index contributed by atoms with van der Waals surface area (Å²) in [6.07, 6.45) is -0.103. The van der Waals surface area contributed by atoms with Crippen LogP contribution in [0.15, 0.2) is 53.6 Å². The molecule has 9 nitrogen and oxygen atoms in total. The minimum absolute atomic E-state index is 0.103. The number of carbonyl (C=O) groups excluding carboxylic acids is 3. The summed E-state index contributed by atoms with van der Waals surface area (Å²) in [4.78, 5) is 35.8. The van der Waals surface area contributed by atoms with E-state index in [2.05, 4.69) is 21.2 Å². The summed E-state index contributed by atoms with van der Waals surface area (Å²) in [6, 6.07) is 15.0. The number of nitrogens with one attached hydrogen (secondary N) is 3.